The summed E-state index contributed by atoms with van der Waals surface area (Å²) in [5.74, 6) is 0.254. The van der Waals surface area contributed by atoms with Gasteiger partial charge >= 0.3 is 6.03 Å². The van der Waals surface area contributed by atoms with Gasteiger partial charge in [0.2, 0.25) is 11.9 Å². The van der Waals surface area contributed by atoms with Crippen LogP contribution in [0.2, 0.25) is 0 Å². The molecule has 146 valence electrons. The van der Waals surface area contributed by atoms with Crippen LogP contribution < -0.4 is 9.80 Å². The lowest BCUT2D eigenvalue weighted by molar-refractivity contribution is -0.131. The molecule has 3 amide bonds. The summed E-state index contributed by atoms with van der Waals surface area (Å²) in [6.07, 6.45) is 3.40. The lowest BCUT2D eigenvalue weighted by Crippen LogP contribution is -2.52. The molecule has 2 aliphatic heterocycles. The minimum Gasteiger partial charge on any atom is -0.338 e. The first-order valence-electron chi connectivity index (χ1n) is 9.23. The maximum Gasteiger partial charge on any atom is 0.325 e. The van der Waals surface area contributed by atoms with Crippen molar-refractivity contribution in [1.82, 2.24) is 19.8 Å². The van der Waals surface area contributed by atoms with Crippen molar-refractivity contribution in [1.29, 1.82) is 0 Å². The van der Waals surface area contributed by atoms with Crippen molar-refractivity contribution in [3.63, 3.8) is 0 Å². The van der Waals surface area contributed by atoms with Gasteiger partial charge in [0.15, 0.2) is 0 Å². The molecule has 2 saturated heterocycles. The number of halogens is 1. The fourth-order valence-electron chi connectivity index (χ4n) is 3.46. The number of nitrogens with zero attached hydrogens (tertiary/aromatic N) is 6. The van der Waals surface area contributed by atoms with Gasteiger partial charge < -0.3 is 14.7 Å². The third kappa shape index (κ3) is 3.73. The summed E-state index contributed by atoms with van der Waals surface area (Å²) in [6.45, 7) is 3.47. The zero-order valence-electron chi connectivity index (χ0n) is 15.4. The first kappa shape index (κ1) is 18.1. The Morgan fingerprint density at radius 1 is 0.964 bits per heavy atom. The summed E-state index contributed by atoms with van der Waals surface area (Å²) >= 11 is 0. The van der Waals surface area contributed by atoms with Crippen molar-refractivity contribution < 1.29 is 14.0 Å². The number of hydrogen-bond donors (Lipinski definition) is 0. The van der Waals surface area contributed by atoms with Crippen molar-refractivity contribution in [2.75, 3.05) is 55.6 Å². The summed E-state index contributed by atoms with van der Waals surface area (Å²) in [7, 11) is 0. The number of carbonyl (C=O) groups excluding carboxylic acids is 2. The van der Waals surface area contributed by atoms with Crippen molar-refractivity contribution in [3.8, 4) is 0 Å². The Labute approximate surface area is 162 Å². The van der Waals surface area contributed by atoms with E-state index in [0.717, 1.165) is 0 Å². The van der Waals surface area contributed by atoms with E-state index in [1.54, 1.807) is 45.3 Å². The Balaban J connectivity index is 1.31. The zero-order valence-corrected chi connectivity index (χ0v) is 15.4. The van der Waals surface area contributed by atoms with Crippen LogP contribution in [0.1, 0.15) is 0 Å². The minimum absolute atomic E-state index is 0.0539. The molecular weight excluding hydrogens is 363 g/mol. The SMILES string of the molecule is O=C(CN1CCN(c2ccc(F)cc2)C1=O)N1CCN(c2ncccn2)CC1. The van der Waals surface area contributed by atoms with Crippen LogP contribution in [0.4, 0.5) is 20.8 Å². The minimum atomic E-state index is -0.345. The van der Waals surface area contributed by atoms with Gasteiger partial charge in [-0.1, -0.05) is 0 Å². The molecule has 0 spiro atoms. The zero-order chi connectivity index (χ0) is 19.5. The number of rotatable bonds is 4. The van der Waals surface area contributed by atoms with E-state index in [1.807, 2.05) is 4.90 Å². The fourth-order valence-corrected chi connectivity index (χ4v) is 3.46. The Morgan fingerprint density at radius 2 is 1.64 bits per heavy atom. The van der Waals surface area contributed by atoms with Crippen LogP contribution in [-0.2, 0) is 4.79 Å². The average Bonchev–Trinajstić information content (AvgIpc) is 3.09. The van der Waals surface area contributed by atoms with Crippen LogP contribution in [0.3, 0.4) is 0 Å². The molecule has 0 saturated carbocycles. The normalized spacial score (nSPS) is 17.4. The van der Waals surface area contributed by atoms with Crippen molar-refractivity contribution in [2.45, 2.75) is 0 Å². The molecule has 0 aliphatic carbocycles. The molecule has 9 heteroatoms. The van der Waals surface area contributed by atoms with E-state index in [-0.39, 0.29) is 24.3 Å². The molecule has 2 fully saturated rings. The van der Waals surface area contributed by atoms with Gasteiger partial charge in [0, 0.05) is 57.3 Å². The van der Waals surface area contributed by atoms with Gasteiger partial charge in [-0.3, -0.25) is 9.69 Å². The fraction of sp³-hybridized carbons (Fsp3) is 0.368. The van der Waals surface area contributed by atoms with E-state index in [2.05, 4.69) is 9.97 Å². The van der Waals surface area contributed by atoms with Crippen molar-refractivity contribution in [2.24, 2.45) is 0 Å². The molecule has 3 heterocycles. The Hall–Kier alpha value is -3.23. The number of piperazine rings is 1. The second kappa shape index (κ2) is 7.79. The van der Waals surface area contributed by atoms with Gasteiger partial charge in [0.05, 0.1) is 0 Å². The van der Waals surface area contributed by atoms with Gasteiger partial charge in [-0.2, -0.15) is 0 Å². The van der Waals surface area contributed by atoms with Crippen LogP contribution in [0.5, 0.6) is 0 Å². The maximum absolute atomic E-state index is 13.1. The predicted octanol–water partition coefficient (Wildman–Crippen LogP) is 1.21. The highest BCUT2D eigenvalue weighted by Crippen LogP contribution is 2.21. The maximum atomic E-state index is 13.1. The molecule has 0 unspecified atom stereocenters. The third-order valence-corrected chi connectivity index (χ3v) is 5.03. The van der Waals surface area contributed by atoms with E-state index in [9.17, 15) is 14.0 Å². The first-order chi connectivity index (χ1) is 13.6. The van der Waals surface area contributed by atoms with Gasteiger partial charge in [-0.15, -0.1) is 0 Å². The second-order valence-electron chi connectivity index (χ2n) is 6.75. The van der Waals surface area contributed by atoms with Crippen LogP contribution in [0, 0.1) is 5.82 Å². The van der Waals surface area contributed by atoms with Crippen LogP contribution >= 0.6 is 0 Å². The first-order valence-corrected chi connectivity index (χ1v) is 9.23. The van der Waals surface area contributed by atoms with Crippen LogP contribution in [0.25, 0.3) is 0 Å². The van der Waals surface area contributed by atoms with Crippen LogP contribution in [0.15, 0.2) is 42.7 Å². The van der Waals surface area contributed by atoms with Gasteiger partial charge in [0.25, 0.3) is 0 Å². The molecule has 2 aromatic rings. The molecule has 4 rings (SSSR count). The van der Waals surface area contributed by atoms with Gasteiger partial charge in [-0.25, -0.2) is 19.2 Å². The van der Waals surface area contributed by atoms with Gasteiger partial charge in [0.1, 0.15) is 12.4 Å². The standard InChI is InChI=1S/C19H21FN6O2/c20-15-2-4-16(5-3-15)26-13-12-25(19(26)28)14-17(27)23-8-10-24(11-9-23)18-21-6-1-7-22-18/h1-7H,8-14H2. The summed E-state index contributed by atoms with van der Waals surface area (Å²) in [5, 5.41) is 0. The lowest BCUT2D eigenvalue weighted by atomic mass is 10.3. The van der Waals surface area contributed by atoms with Crippen molar-refractivity contribution in [3.05, 3.63) is 48.5 Å². The number of amides is 3. The summed E-state index contributed by atoms with van der Waals surface area (Å²) in [6, 6.07) is 7.34. The number of carbonyl (C=O) groups is 2. The van der Waals surface area contributed by atoms with Gasteiger partial charge in [-0.05, 0) is 30.3 Å². The largest absolute Gasteiger partial charge is 0.338 e. The second-order valence-corrected chi connectivity index (χ2v) is 6.75. The Kier molecular flexibility index (Phi) is 5.05. The molecule has 0 atom stereocenters. The predicted molar refractivity (Wildman–Crippen MR) is 102 cm³/mol. The average molecular weight is 384 g/mol. The van der Waals surface area contributed by atoms with E-state index in [0.29, 0.717) is 50.9 Å². The van der Waals surface area contributed by atoms with E-state index in [1.165, 1.54) is 12.1 Å². The molecule has 1 aromatic carbocycles. The van der Waals surface area contributed by atoms with E-state index in [4.69, 9.17) is 0 Å². The molecule has 0 bridgehead atoms. The summed E-state index contributed by atoms with van der Waals surface area (Å²) in [5.41, 5.74) is 0.637. The highest BCUT2D eigenvalue weighted by atomic mass is 19.1. The highest BCUT2D eigenvalue weighted by molar-refractivity contribution is 5.96. The molecule has 2 aliphatic rings. The Morgan fingerprint density at radius 3 is 2.32 bits per heavy atom. The summed E-state index contributed by atoms with van der Waals surface area (Å²) < 4.78 is 13.1. The number of anilines is 2. The molecule has 0 radical (unpaired) electrons. The van der Waals surface area contributed by atoms with E-state index >= 15 is 0 Å². The smallest absolute Gasteiger partial charge is 0.325 e. The van der Waals surface area contributed by atoms with Crippen molar-refractivity contribution >= 4 is 23.6 Å². The molecule has 28 heavy (non-hydrogen) atoms. The summed E-state index contributed by atoms with van der Waals surface area (Å²) in [4.78, 5) is 40.6. The molecule has 8 nitrogen and oxygen atoms in total. The third-order valence-electron chi connectivity index (χ3n) is 5.03. The van der Waals surface area contributed by atoms with E-state index < -0.39 is 0 Å². The molecule has 1 aromatic heterocycles. The number of hydrogen-bond acceptors (Lipinski definition) is 5. The highest BCUT2D eigenvalue weighted by Gasteiger charge is 2.32. The monoisotopic (exact) mass is 384 g/mol. The number of urea groups is 1. The van der Waals surface area contributed by atoms with Crippen LogP contribution in [-0.4, -0.2) is 77.5 Å². The molecule has 0 N–H and O–H groups in total. The lowest BCUT2D eigenvalue weighted by Gasteiger charge is -2.35. The quantitative estimate of drug-likeness (QED) is 0.792. The Bertz CT molecular complexity index is 839. The molecular formula is C19H21FN6O2. The topological polar surface area (TPSA) is 72.9 Å². The number of aromatic nitrogens is 2. The number of benzene rings is 1.